The quantitative estimate of drug-likeness (QED) is 0.899. The third-order valence-electron chi connectivity index (χ3n) is 3.33. The second-order valence-corrected chi connectivity index (χ2v) is 5.02. The second kappa shape index (κ2) is 6.34. The molecule has 0 bridgehead atoms. The number of urea groups is 1. The molecule has 116 valence electrons. The van der Waals surface area contributed by atoms with Gasteiger partial charge >= 0.3 is 12.2 Å². The molecule has 0 aliphatic carbocycles. The number of carbonyl (C=O) groups is 1. The van der Waals surface area contributed by atoms with E-state index in [1.54, 1.807) is 0 Å². The van der Waals surface area contributed by atoms with E-state index in [0.717, 1.165) is 25.0 Å². The van der Waals surface area contributed by atoms with Gasteiger partial charge in [-0.1, -0.05) is 6.07 Å². The number of hydrogen-bond acceptors (Lipinski definition) is 2. The highest BCUT2D eigenvalue weighted by Crippen LogP contribution is 2.30. The van der Waals surface area contributed by atoms with Crippen LogP contribution in [0.15, 0.2) is 24.3 Å². The summed E-state index contributed by atoms with van der Waals surface area (Å²) >= 11 is 0. The Labute approximate surface area is 120 Å². The van der Waals surface area contributed by atoms with Gasteiger partial charge in [0.2, 0.25) is 0 Å². The van der Waals surface area contributed by atoms with Crippen LogP contribution in [0.1, 0.15) is 25.3 Å². The predicted octanol–water partition coefficient (Wildman–Crippen LogP) is 3.39. The van der Waals surface area contributed by atoms with E-state index in [4.69, 9.17) is 4.74 Å². The van der Waals surface area contributed by atoms with Crippen LogP contribution in [0.3, 0.4) is 0 Å². The van der Waals surface area contributed by atoms with E-state index in [1.807, 2.05) is 6.92 Å². The molecule has 2 amide bonds. The highest BCUT2D eigenvalue weighted by molar-refractivity contribution is 5.89. The first-order valence-corrected chi connectivity index (χ1v) is 6.72. The largest absolute Gasteiger partial charge is 0.416 e. The second-order valence-electron chi connectivity index (χ2n) is 5.02. The van der Waals surface area contributed by atoms with Crippen molar-refractivity contribution < 1.29 is 22.7 Å². The maximum Gasteiger partial charge on any atom is 0.416 e. The first-order valence-electron chi connectivity index (χ1n) is 6.72. The summed E-state index contributed by atoms with van der Waals surface area (Å²) in [5.74, 6) is 0. The van der Waals surface area contributed by atoms with Gasteiger partial charge in [0.05, 0.1) is 17.7 Å². The fourth-order valence-electron chi connectivity index (χ4n) is 2.24. The summed E-state index contributed by atoms with van der Waals surface area (Å²) in [5.41, 5.74) is -0.700. The lowest BCUT2D eigenvalue weighted by molar-refractivity contribution is -0.137. The maximum absolute atomic E-state index is 12.6. The van der Waals surface area contributed by atoms with E-state index in [1.165, 1.54) is 12.1 Å². The normalized spacial score (nSPS) is 20.1. The molecule has 0 aromatic heterocycles. The van der Waals surface area contributed by atoms with Crippen LogP contribution in [0.2, 0.25) is 0 Å². The Hall–Kier alpha value is -1.76. The smallest absolute Gasteiger partial charge is 0.376 e. The third kappa shape index (κ3) is 4.35. The monoisotopic (exact) mass is 302 g/mol. The molecule has 0 saturated carbocycles. The van der Waals surface area contributed by atoms with Crippen molar-refractivity contribution in [1.29, 1.82) is 0 Å². The van der Waals surface area contributed by atoms with Gasteiger partial charge in [0.25, 0.3) is 0 Å². The molecular weight excluding hydrogens is 285 g/mol. The zero-order chi connectivity index (χ0) is 15.5. The van der Waals surface area contributed by atoms with Crippen molar-refractivity contribution in [2.45, 2.75) is 38.1 Å². The molecule has 1 saturated heterocycles. The molecule has 0 unspecified atom stereocenters. The molecule has 0 radical (unpaired) electrons. The SMILES string of the molecule is C[C@@H](NC(=O)Nc1cccc(C(F)(F)F)c1)[C@@H]1CCCO1. The van der Waals surface area contributed by atoms with E-state index in [0.29, 0.717) is 6.61 Å². The van der Waals surface area contributed by atoms with Crippen LogP contribution in [0.25, 0.3) is 0 Å². The zero-order valence-electron chi connectivity index (χ0n) is 11.5. The average Bonchev–Trinajstić information content (AvgIpc) is 2.91. The van der Waals surface area contributed by atoms with Gasteiger partial charge in [-0.05, 0) is 38.0 Å². The van der Waals surface area contributed by atoms with E-state index < -0.39 is 17.8 Å². The Morgan fingerprint density at radius 3 is 2.81 bits per heavy atom. The third-order valence-corrected chi connectivity index (χ3v) is 3.33. The molecule has 1 aliphatic rings. The number of ether oxygens (including phenoxy) is 1. The molecule has 1 aliphatic heterocycles. The average molecular weight is 302 g/mol. The van der Waals surface area contributed by atoms with Crippen molar-refractivity contribution in [2.24, 2.45) is 0 Å². The number of rotatable bonds is 3. The van der Waals surface area contributed by atoms with Crippen molar-refractivity contribution >= 4 is 11.7 Å². The molecule has 1 heterocycles. The number of alkyl halides is 3. The molecule has 0 spiro atoms. The van der Waals surface area contributed by atoms with E-state index in [9.17, 15) is 18.0 Å². The van der Waals surface area contributed by atoms with Crippen molar-refractivity contribution in [3.63, 3.8) is 0 Å². The summed E-state index contributed by atoms with van der Waals surface area (Å²) in [6, 6.07) is 3.78. The summed E-state index contributed by atoms with van der Waals surface area (Å²) in [6.07, 6.45) is -2.66. The van der Waals surface area contributed by atoms with Crippen molar-refractivity contribution in [1.82, 2.24) is 5.32 Å². The highest BCUT2D eigenvalue weighted by atomic mass is 19.4. The van der Waals surface area contributed by atoms with Crippen LogP contribution < -0.4 is 10.6 Å². The molecule has 1 fully saturated rings. The summed E-state index contributed by atoms with van der Waals surface area (Å²) in [4.78, 5) is 11.8. The zero-order valence-corrected chi connectivity index (χ0v) is 11.5. The molecule has 1 aromatic carbocycles. The molecule has 2 rings (SSSR count). The van der Waals surface area contributed by atoms with Gasteiger partial charge in [-0.2, -0.15) is 13.2 Å². The van der Waals surface area contributed by atoms with E-state index in [-0.39, 0.29) is 17.8 Å². The summed E-state index contributed by atoms with van der Waals surface area (Å²) in [7, 11) is 0. The van der Waals surface area contributed by atoms with Gasteiger partial charge in [0.15, 0.2) is 0 Å². The molecule has 21 heavy (non-hydrogen) atoms. The van der Waals surface area contributed by atoms with Gasteiger partial charge in [0, 0.05) is 12.3 Å². The molecule has 2 atom stereocenters. The number of benzene rings is 1. The van der Waals surface area contributed by atoms with Crippen LogP contribution in [-0.2, 0) is 10.9 Å². The predicted molar refractivity (Wildman–Crippen MR) is 72.0 cm³/mol. The Balaban J connectivity index is 1.93. The molecule has 1 aromatic rings. The first-order chi connectivity index (χ1) is 9.86. The Morgan fingerprint density at radius 2 is 2.19 bits per heavy atom. The number of anilines is 1. The van der Waals surface area contributed by atoms with E-state index >= 15 is 0 Å². The standard InChI is InChI=1S/C14H17F3N2O2/c1-9(12-6-3-7-21-12)18-13(20)19-11-5-2-4-10(8-11)14(15,16)17/h2,4-5,8-9,12H,3,6-7H2,1H3,(H2,18,19,20)/t9-,12+/m1/s1. The summed E-state index contributed by atoms with van der Waals surface area (Å²) in [6.45, 7) is 2.48. The van der Waals surface area contributed by atoms with Crippen LogP contribution in [0.4, 0.5) is 23.7 Å². The van der Waals surface area contributed by atoms with Crippen molar-refractivity contribution in [3.8, 4) is 0 Å². The molecular formula is C14H17F3N2O2. The topological polar surface area (TPSA) is 50.4 Å². The minimum absolute atomic E-state index is 0.0442. The minimum atomic E-state index is -4.43. The van der Waals surface area contributed by atoms with Crippen LogP contribution in [0.5, 0.6) is 0 Å². The fraction of sp³-hybridized carbons (Fsp3) is 0.500. The maximum atomic E-state index is 12.6. The van der Waals surface area contributed by atoms with Crippen LogP contribution >= 0.6 is 0 Å². The molecule has 2 N–H and O–H groups in total. The number of carbonyl (C=O) groups excluding carboxylic acids is 1. The van der Waals surface area contributed by atoms with Gasteiger partial charge in [0.1, 0.15) is 0 Å². The lowest BCUT2D eigenvalue weighted by Crippen LogP contribution is -2.43. The summed E-state index contributed by atoms with van der Waals surface area (Å²) < 4.78 is 43.2. The number of nitrogens with one attached hydrogen (secondary N) is 2. The lowest BCUT2D eigenvalue weighted by Gasteiger charge is -2.20. The van der Waals surface area contributed by atoms with Crippen LogP contribution in [-0.4, -0.2) is 24.8 Å². The Morgan fingerprint density at radius 1 is 1.43 bits per heavy atom. The van der Waals surface area contributed by atoms with E-state index in [2.05, 4.69) is 10.6 Å². The number of amides is 2. The van der Waals surface area contributed by atoms with Crippen molar-refractivity contribution in [2.75, 3.05) is 11.9 Å². The number of hydrogen-bond donors (Lipinski definition) is 2. The fourth-order valence-corrected chi connectivity index (χ4v) is 2.24. The Kier molecular flexibility index (Phi) is 4.72. The van der Waals surface area contributed by atoms with Gasteiger partial charge in [-0.3, -0.25) is 0 Å². The van der Waals surface area contributed by atoms with Crippen molar-refractivity contribution in [3.05, 3.63) is 29.8 Å². The molecule has 4 nitrogen and oxygen atoms in total. The van der Waals surface area contributed by atoms with Crippen LogP contribution in [0, 0.1) is 0 Å². The van der Waals surface area contributed by atoms with Gasteiger partial charge in [-0.15, -0.1) is 0 Å². The Bertz CT molecular complexity index is 499. The lowest BCUT2D eigenvalue weighted by atomic mass is 10.1. The van der Waals surface area contributed by atoms with Gasteiger partial charge in [-0.25, -0.2) is 4.79 Å². The first kappa shape index (κ1) is 15.6. The molecule has 7 heteroatoms. The minimum Gasteiger partial charge on any atom is -0.376 e. The number of halogens is 3. The van der Waals surface area contributed by atoms with Gasteiger partial charge < -0.3 is 15.4 Å². The summed E-state index contributed by atoms with van der Waals surface area (Å²) in [5, 5.41) is 5.08. The highest BCUT2D eigenvalue weighted by Gasteiger charge is 2.30.